The number of furan rings is 1. The lowest BCUT2D eigenvalue weighted by Gasteiger charge is -2.18. The van der Waals surface area contributed by atoms with Crippen molar-refractivity contribution in [3.05, 3.63) is 77.3 Å². The van der Waals surface area contributed by atoms with Gasteiger partial charge in [-0.05, 0) is 56.7 Å². The van der Waals surface area contributed by atoms with Crippen LogP contribution in [0.4, 0.5) is 4.39 Å². The highest BCUT2D eigenvalue weighted by molar-refractivity contribution is 8.00. The predicted molar refractivity (Wildman–Crippen MR) is 113 cm³/mol. The Morgan fingerprint density at radius 1 is 1.17 bits per heavy atom. The summed E-state index contributed by atoms with van der Waals surface area (Å²) < 4.78 is 24.3. The van der Waals surface area contributed by atoms with E-state index in [-0.39, 0.29) is 5.82 Å². The fourth-order valence-corrected chi connectivity index (χ4v) is 3.49. The monoisotopic (exact) mass is 414 g/mol. The van der Waals surface area contributed by atoms with Gasteiger partial charge in [0.05, 0.1) is 0 Å². The maximum Gasteiger partial charge on any atom is 0.319 e. The predicted octanol–water partition coefficient (Wildman–Crippen LogP) is 6.07. The molecular formula is C23H23FO4S. The van der Waals surface area contributed by atoms with Crippen molar-refractivity contribution in [3.8, 4) is 17.1 Å². The number of carbonyl (C=O) groups is 1. The van der Waals surface area contributed by atoms with Crippen LogP contribution in [0.1, 0.15) is 30.7 Å². The average molecular weight is 414 g/mol. The molecular weight excluding hydrogens is 391 g/mol. The van der Waals surface area contributed by atoms with E-state index in [9.17, 15) is 14.3 Å². The van der Waals surface area contributed by atoms with Crippen molar-refractivity contribution in [1.82, 2.24) is 0 Å². The third kappa shape index (κ3) is 5.41. The molecule has 152 valence electrons. The lowest BCUT2D eigenvalue weighted by molar-refractivity contribution is -0.138. The van der Waals surface area contributed by atoms with Gasteiger partial charge in [0.15, 0.2) is 0 Å². The van der Waals surface area contributed by atoms with Gasteiger partial charge in [0.1, 0.15) is 34.4 Å². The first-order valence-corrected chi connectivity index (χ1v) is 10.2. The minimum Gasteiger partial charge on any atom is -0.489 e. The lowest BCUT2D eigenvalue weighted by Crippen LogP contribution is -2.27. The number of thioether (sulfide) groups is 1. The van der Waals surface area contributed by atoms with Crippen LogP contribution < -0.4 is 4.74 Å². The zero-order valence-electron chi connectivity index (χ0n) is 16.6. The number of carboxylic acid groups (broad SMARTS) is 1. The summed E-state index contributed by atoms with van der Waals surface area (Å²) in [7, 11) is 0. The number of benzene rings is 2. The van der Waals surface area contributed by atoms with Crippen molar-refractivity contribution in [2.45, 2.75) is 37.9 Å². The number of aryl methyl sites for hydroxylation is 1. The molecule has 6 heteroatoms. The van der Waals surface area contributed by atoms with E-state index in [4.69, 9.17) is 9.15 Å². The van der Waals surface area contributed by atoms with Crippen molar-refractivity contribution in [2.75, 3.05) is 0 Å². The van der Waals surface area contributed by atoms with E-state index in [0.717, 1.165) is 16.9 Å². The van der Waals surface area contributed by atoms with E-state index in [1.54, 1.807) is 26.0 Å². The third-order valence-electron chi connectivity index (χ3n) is 4.54. The second-order valence-corrected chi connectivity index (χ2v) is 8.84. The molecule has 2 aromatic carbocycles. The first-order chi connectivity index (χ1) is 13.7. The molecule has 1 N–H and O–H groups in total. The summed E-state index contributed by atoms with van der Waals surface area (Å²) in [6, 6.07) is 15.7. The number of hydrogen-bond donors (Lipinski definition) is 1. The van der Waals surface area contributed by atoms with Crippen molar-refractivity contribution in [1.29, 1.82) is 0 Å². The summed E-state index contributed by atoms with van der Waals surface area (Å²) in [4.78, 5) is 11.2. The van der Waals surface area contributed by atoms with Gasteiger partial charge in [-0.3, -0.25) is 4.79 Å². The first kappa shape index (κ1) is 21.0. The summed E-state index contributed by atoms with van der Waals surface area (Å²) in [6.45, 7) is 5.56. The van der Waals surface area contributed by atoms with E-state index in [2.05, 4.69) is 0 Å². The molecule has 0 aliphatic carbocycles. The number of ether oxygens (including phenoxy) is 1. The highest BCUT2D eigenvalue weighted by atomic mass is 32.2. The van der Waals surface area contributed by atoms with Gasteiger partial charge in [0.25, 0.3) is 0 Å². The molecule has 1 heterocycles. The second kappa shape index (κ2) is 8.74. The Labute approximate surface area is 173 Å². The molecule has 0 saturated heterocycles. The fraction of sp³-hybridized carbons (Fsp3) is 0.261. The molecule has 0 aliphatic heterocycles. The molecule has 3 aromatic rings. The number of halogens is 1. The van der Waals surface area contributed by atoms with E-state index in [1.807, 2.05) is 37.3 Å². The molecule has 29 heavy (non-hydrogen) atoms. The molecule has 4 nitrogen and oxygen atoms in total. The SMILES string of the molecule is Cc1oc(-c2cccc(F)c2)cc1COc1cccc(CSC(C)(C)C(=O)O)c1. The van der Waals surface area contributed by atoms with Gasteiger partial charge in [0, 0.05) is 16.9 Å². The van der Waals surface area contributed by atoms with Gasteiger partial charge in [-0.25, -0.2) is 4.39 Å². The number of carboxylic acids is 1. The van der Waals surface area contributed by atoms with E-state index in [1.165, 1.54) is 23.9 Å². The number of aliphatic carboxylic acids is 1. The quantitative estimate of drug-likeness (QED) is 0.485. The number of rotatable bonds is 8. The molecule has 0 fully saturated rings. The van der Waals surface area contributed by atoms with Gasteiger partial charge in [-0.2, -0.15) is 0 Å². The zero-order valence-corrected chi connectivity index (χ0v) is 17.4. The lowest BCUT2D eigenvalue weighted by atomic mass is 10.1. The number of hydrogen-bond acceptors (Lipinski definition) is 4. The van der Waals surface area contributed by atoms with E-state index in [0.29, 0.717) is 29.4 Å². The Kier molecular flexibility index (Phi) is 6.33. The minimum atomic E-state index is -0.849. The second-order valence-electron chi connectivity index (χ2n) is 7.24. The van der Waals surface area contributed by atoms with Crippen LogP contribution in [0.15, 0.2) is 59.0 Å². The highest BCUT2D eigenvalue weighted by Gasteiger charge is 2.27. The molecule has 0 saturated carbocycles. The van der Waals surface area contributed by atoms with Crippen molar-refractivity contribution >= 4 is 17.7 Å². The summed E-state index contributed by atoms with van der Waals surface area (Å²) in [5, 5.41) is 9.23. The molecule has 3 rings (SSSR count). The molecule has 0 spiro atoms. The van der Waals surface area contributed by atoms with Crippen LogP contribution in [0.25, 0.3) is 11.3 Å². The first-order valence-electron chi connectivity index (χ1n) is 9.19. The minimum absolute atomic E-state index is 0.310. The molecule has 0 bridgehead atoms. The molecule has 0 amide bonds. The Balaban J connectivity index is 1.65. The molecule has 0 atom stereocenters. The van der Waals surface area contributed by atoms with Gasteiger partial charge in [0.2, 0.25) is 0 Å². The van der Waals surface area contributed by atoms with E-state index < -0.39 is 10.7 Å². The molecule has 1 aromatic heterocycles. The van der Waals surface area contributed by atoms with Crippen molar-refractivity contribution < 1.29 is 23.4 Å². The Morgan fingerprint density at radius 3 is 2.66 bits per heavy atom. The van der Waals surface area contributed by atoms with Crippen LogP contribution in [-0.2, 0) is 17.2 Å². The Bertz CT molecular complexity index is 1010. The molecule has 0 aliphatic rings. The highest BCUT2D eigenvalue weighted by Crippen LogP contribution is 2.30. The van der Waals surface area contributed by atoms with Crippen LogP contribution in [0, 0.1) is 12.7 Å². The summed E-state index contributed by atoms with van der Waals surface area (Å²) >= 11 is 1.37. The van der Waals surface area contributed by atoms with Gasteiger partial charge in [-0.15, -0.1) is 11.8 Å². The third-order valence-corrected chi connectivity index (χ3v) is 5.91. The maximum absolute atomic E-state index is 13.4. The summed E-state index contributed by atoms with van der Waals surface area (Å²) in [6.07, 6.45) is 0. The molecule has 0 unspecified atom stereocenters. The maximum atomic E-state index is 13.4. The Hall–Kier alpha value is -2.73. The largest absolute Gasteiger partial charge is 0.489 e. The smallest absolute Gasteiger partial charge is 0.319 e. The van der Waals surface area contributed by atoms with Crippen LogP contribution in [0.3, 0.4) is 0 Å². The van der Waals surface area contributed by atoms with E-state index >= 15 is 0 Å². The van der Waals surface area contributed by atoms with Crippen LogP contribution in [-0.4, -0.2) is 15.8 Å². The van der Waals surface area contributed by atoms with Crippen LogP contribution in [0.5, 0.6) is 5.75 Å². The van der Waals surface area contributed by atoms with Gasteiger partial charge in [-0.1, -0.05) is 24.3 Å². The summed E-state index contributed by atoms with van der Waals surface area (Å²) in [5.74, 6) is 1.45. The van der Waals surface area contributed by atoms with Crippen LogP contribution in [0.2, 0.25) is 0 Å². The standard InChI is InChI=1S/C23H23FO4S/c1-15-18(12-21(28-15)17-7-5-8-19(24)11-17)13-27-20-9-4-6-16(10-20)14-29-23(2,3)22(25)26/h4-12H,13-14H2,1-3H3,(H,25,26). The van der Waals surface area contributed by atoms with Gasteiger partial charge >= 0.3 is 5.97 Å². The van der Waals surface area contributed by atoms with Crippen molar-refractivity contribution in [2.24, 2.45) is 0 Å². The fourth-order valence-electron chi connectivity index (χ4n) is 2.66. The molecule has 0 radical (unpaired) electrons. The topological polar surface area (TPSA) is 59.7 Å². The van der Waals surface area contributed by atoms with Crippen molar-refractivity contribution in [3.63, 3.8) is 0 Å². The normalized spacial score (nSPS) is 11.4. The average Bonchev–Trinajstić information content (AvgIpc) is 3.06. The van der Waals surface area contributed by atoms with Crippen LogP contribution >= 0.6 is 11.8 Å². The Morgan fingerprint density at radius 2 is 1.93 bits per heavy atom. The zero-order chi connectivity index (χ0) is 21.0. The van der Waals surface area contributed by atoms with Gasteiger partial charge < -0.3 is 14.3 Å². The summed E-state index contributed by atoms with van der Waals surface area (Å²) in [5.41, 5.74) is 2.56.